The molecule has 2 aromatic carbocycles. The van der Waals surface area contributed by atoms with Crippen LogP contribution in [-0.4, -0.2) is 35.9 Å². The lowest BCUT2D eigenvalue weighted by Crippen LogP contribution is -2.29. The van der Waals surface area contributed by atoms with Crippen molar-refractivity contribution in [2.45, 2.75) is 12.6 Å². The van der Waals surface area contributed by atoms with Gasteiger partial charge in [-0.1, -0.05) is 23.7 Å². The predicted octanol–water partition coefficient (Wildman–Crippen LogP) is 4.57. The maximum atomic E-state index is 13.1. The number of aliphatic hydroxyl groups excluding tert-OH is 1. The first-order valence-corrected chi connectivity index (χ1v) is 10.1. The molecule has 0 saturated carbocycles. The number of Topliss-reactive ketones (excluding diaryl/α,β-unsaturated/α-hetero) is 1. The summed E-state index contributed by atoms with van der Waals surface area (Å²) in [5, 5.41) is 11.5. The molecular weight excluding hydrogens is 434 g/mol. The molecule has 1 fully saturated rings. The van der Waals surface area contributed by atoms with Gasteiger partial charge in [0, 0.05) is 11.6 Å². The van der Waals surface area contributed by atoms with Crippen LogP contribution in [0.3, 0.4) is 0 Å². The van der Waals surface area contributed by atoms with Gasteiger partial charge in [0.25, 0.3) is 11.7 Å². The molecule has 1 atom stereocenters. The van der Waals surface area contributed by atoms with Crippen LogP contribution in [0.15, 0.2) is 70.9 Å². The van der Waals surface area contributed by atoms with Crippen LogP contribution in [0.4, 0.5) is 0 Å². The summed E-state index contributed by atoms with van der Waals surface area (Å²) in [5.74, 6) is -0.696. The minimum absolute atomic E-state index is 0.103. The molecule has 8 heteroatoms. The molecule has 2 heterocycles. The highest BCUT2D eigenvalue weighted by atomic mass is 35.5. The summed E-state index contributed by atoms with van der Waals surface area (Å²) in [6.07, 6.45) is 1.45. The third-order valence-corrected chi connectivity index (χ3v) is 5.49. The van der Waals surface area contributed by atoms with E-state index in [4.69, 9.17) is 25.5 Å². The number of methoxy groups -OCH3 is 2. The number of nitrogens with zero attached hydrogens (tertiary/aromatic N) is 1. The number of carbonyl (C=O) groups excluding carboxylic acids is 2. The summed E-state index contributed by atoms with van der Waals surface area (Å²) in [6.45, 7) is 0.108. The molecule has 3 aromatic rings. The standard InChI is InChI=1S/C24H20ClNO6/c1-30-16-6-3-5-14(11-16)13-26-21(19-7-4-10-32-19)20(23(28)24(26)29)22(27)17-12-15(25)8-9-18(17)31-2/h3-12,21,27H,13H2,1-2H3/b22-20-. The van der Waals surface area contributed by atoms with E-state index in [-0.39, 0.29) is 17.7 Å². The number of halogens is 1. The van der Waals surface area contributed by atoms with Gasteiger partial charge in [0.05, 0.1) is 31.6 Å². The summed E-state index contributed by atoms with van der Waals surface area (Å²) < 4.78 is 16.1. The molecule has 0 aliphatic carbocycles. The van der Waals surface area contributed by atoms with Gasteiger partial charge in [-0.25, -0.2) is 0 Å². The van der Waals surface area contributed by atoms with Crippen molar-refractivity contribution in [1.29, 1.82) is 0 Å². The zero-order valence-corrected chi connectivity index (χ0v) is 18.1. The van der Waals surface area contributed by atoms with E-state index in [1.807, 2.05) is 6.07 Å². The highest BCUT2D eigenvalue weighted by molar-refractivity contribution is 6.46. The number of furan rings is 1. The summed E-state index contributed by atoms with van der Waals surface area (Å²) in [6, 6.07) is 14.2. The normalized spacial score (nSPS) is 17.6. The van der Waals surface area contributed by atoms with Gasteiger partial charge in [-0.3, -0.25) is 9.59 Å². The first kappa shape index (κ1) is 21.5. The second kappa shape index (κ2) is 8.80. The number of rotatable bonds is 6. The molecule has 164 valence electrons. The number of amides is 1. The fourth-order valence-corrected chi connectivity index (χ4v) is 3.94. The SMILES string of the molecule is COc1cccc(CN2C(=O)C(=O)/C(=C(\O)c3cc(Cl)ccc3OC)C2c2ccco2)c1. The Labute approximate surface area is 189 Å². The van der Waals surface area contributed by atoms with Crippen LogP contribution in [0.1, 0.15) is 22.9 Å². The van der Waals surface area contributed by atoms with Crippen molar-refractivity contribution in [2.24, 2.45) is 0 Å². The molecular formula is C24H20ClNO6. The molecule has 0 radical (unpaired) electrons. The number of ether oxygens (including phenoxy) is 2. The maximum Gasteiger partial charge on any atom is 0.296 e. The topological polar surface area (TPSA) is 89.2 Å². The Bertz CT molecular complexity index is 1200. The lowest BCUT2D eigenvalue weighted by atomic mass is 9.98. The molecule has 1 unspecified atom stereocenters. The fraction of sp³-hybridized carbons (Fsp3) is 0.167. The monoisotopic (exact) mass is 453 g/mol. The molecule has 0 bridgehead atoms. The second-order valence-electron chi connectivity index (χ2n) is 7.14. The molecule has 0 spiro atoms. The first-order chi connectivity index (χ1) is 15.4. The van der Waals surface area contributed by atoms with Crippen molar-refractivity contribution in [3.8, 4) is 11.5 Å². The number of hydrogen-bond acceptors (Lipinski definition) is 6. The Kier molecular flexibility index (Phi) is 5.92. The predicted molar refractivity (Wildman–Crippen MR) is 118 cm³/mol. The van der Waals surface area contributed by atoms with E-state index in [1.165, 1.54) is 24.3 Å². The smallest absolute Gasteiger partial charge is 0.296 e. The van der Waals surface area contributed by atoms with Gasteiger partial charge in [0.1, 0.15) is 29.1 Å². The second-order valence-corrected chi connectivity index (χ2v) is 7.57. The Morgan fingerprint density at radius 3 is 2.59 bits per heavy atom. The van der Waals surface area contributed by atoms with Gasteiger partial charge in [-0.05, 0) is 48.0 Å². The molecule has 4 rings (SSSR count). The molecule has 1 N–H and O–H groups in total. The molecule has 1 aromatic heterocycles. The lowest BCUT2D eigenvalue weighted by molar-refractivity contribution is -0.140. The minimum Gasteiger partial charge on any atom is -0.507 e. The number of hydrogen-bond donors (Lipinski definition) is 1. The average Bonchev–Trinajstić information content (AvgIpc) is 3.41. The van der Waals surface area contributed by atoms with Crippen LogP contribution < -0.4 is 9.47 Å². The number of benzene rings is 2. The zero-order valence-electron chi connectivity index (χ0n) is 17.4. The van der Waals surface area contributed by atoms with Gasteiger partial charge in [-0.15, -0.1) is 0 Å². The number of likely N-dealkylation sites (tertiary alicyclic amines) is 1. The number of carbonyl (C=O) groups is 2. The maximum absolute atomic E-state index is 13.1. The molecule has 1 saturated heterocycles. The quantitative estimate of drug-likeness (QED) is 0.334. The van der Waals surface area contributed by atoms with Gasteiger partial charge >= 0.3 is 0 Å². The Morgan fingerprint density at radius 1 is 1.09 bits per heavy atom. The van der Waals surface area contributed by atoms with Crippen molar-refractivity contribution in [3.05, 3.63) is 88.3 Å². The number of aliphatic hydroxyl groups is 1. The molecule has 1 amide bonds. The lowest BCUT2D eigenvalue weighted by Gasteiger charge is -2.23. The van der Waals surface area contributed by atoms with Crippen LogP contribution in [0.5, 0.6) is 11.5 Å². The molecule has 1 aliphatic rings. The third-order valence-electron chi connectivity index (χ3n) is 5.26. The van der Waals surface area contributed by atoms with E-state index in [9.17, 15) is 14.7 Å². The summed E-state index contributed by atoms with van der Waals surface area (Å²) in [7, 11) is 2.98. The van der Waals surface area contributed by atoms with E-state index < -0.39 is 23.5 Å². The van der Waals surface area contributed by atoms with E-state index >= 15 is 0 Å². The van der Waals surface area contributed by atoms with Crippen LogP contribution in [0.25, 0.3) is 5.76 Å². The average molecular weight is 454 g/mol. The highest BCUT2D eigenvalue weighted by Crippen LogP contribution is 2.42. The first-order valence-electron chi connectivity index (χ1n) is 9.73. The zero-order chi connectivity index (χ0) is 22.8. The van der Waals surface area contributed by atoms with E-state index in [0.29, 0.717) is 22.3 Å². The highest BCUT2D eigenvalue weighted by Gasteiger charge is 2.47. The van der Waals surface area contributed by atoms with Gasteiger partial charge in [0.2, 0.25) is 0 Å². The van der Waals surface area contributed by atoms with Crippen LogP contribution in [-0.2, 0) is 16.1 Å². The van der Waals surface area contributed by atoms with E-state index in [1.54, 1.807) is 49.6 Å². The Hall–Kier alpha value is -3.71. The summed E-state index contributed by atoms with van der Waals surface area (Å²) in [5.41, 5.74) is 0.854. The largest absolute Gasteiger partial charge is 0.507 e. The van der Waals surface area contributed by atoms with Gasteiger partial charge in [-0.2, -0.15) is 0 Å². The Morgan fingerprint density at radius 2 is 1.91 bits per heavy atom. The third kappa shape index (κ3) is 3.83. The van der Waals surface area contributed by atoms with Crippen LogP contribution >= 0.6 is 11.6 Å². The van der Waals surface area contributed by atoms with Crippen molar-refractivity contribution in [3.63, 3.8) is 0 Å². The van der Waals surface area contributed by atoms with Gasteiger partial charge in [0.15, 0.2) is 0 Å². The minimum atomic E-state index is -0.931. The van der Waals surface area contributed by atoms with E-state index in [2.05, 4.69) is 0 Å². The molecule has 7 nitrogen and oxygen atoms in total. The number of ketones is 1. The molecule has 1 aliphatic heterocycles. The Balaban J connectivity index is 1.85. The fourth-order valence-electron chi connectivity index (χ4n) is 3.76. The van der Waals surface area contributed by atoms with Crippen LogP contribution in [0, 0.1) is 0 Å². The van der Waals surface area contributed by atoms with Gasteiger partial charge < -0.3 is 23.9 Å². The van der Waals surface area contributed by atoms with Crippen LogP contribution in [0.2, 0.25) is 5.02 Å². The van der Waals surface area contributed by atoms with Crippen molar-refractivity contribution < 1.29 is 28.6 Å². The van der Waals surface area contributed by atoms with Crippen molar-refractivity contribution >= 4 is 29.1 Å². The van der Waals surface area contributed by atoms with E-state index in [0.717, 1.165) is 5.56 Å². The summed E-state index contributed by atoms with van der Waals surface area (Å²) in [4.78, 5) is 27.5. The summed E-state index contributed by atoms with van der Waals surface area (Å²) >= 11 is 6.11. The van der Waals surface area contributed by atoms with Crippen molar-refractivity contribution in [2.75, 3.05) is 14.2 Å². The molecule has 32 heavy (non-hydrogen) atoms. The van der Waals surface area contributed by atoms with Crippen molar-refractivity contribution in [1.82, 2.24) is 4.90 Å².